The van der Waals surface area contributed by atoms with E-state index in [0.29, 0.717) is 24.0 Å². The maximum absolute atomic E-state index is 12.9. The number of nitriles is 1. The molecule has 0 aliphatic heterocycles. The predicted molar refractivity (Wildman–Crippen MR) is 99.3 cm³/mol. The lowest BCUT2D eigenvalue weighted by Crippen LogP contribution is -2.33. The zero-order valence-electron chi connectivity index (χ0n) is 14.9. The molecule has 0 unspecified atom stereocenters. The first-order valence-corrected chi connectivity index (χ1v) is 9.49. The second-order valence-corrected chi connectivity index (χ2v) is 6.99. The van der Waals surface area contributed by atoms with E-state index < -0.39 is 0 Å². The maximum Gasteiger partial charge on any atom is 0.237 e. The number of aryl methyl sites for hydroxylation is 1. The monoisotopic (exact) mass is 371 g/mol. The van der Waals surface area contributed by atoms with Crippen molar-refractivity contribution in [3.8, 4) is 11.8 Å². The molecular formula is C18H21N5O2S. The fourth-order valence-electron chi connectivity index (χ4n) is 2.80. The Bertz CT molecular complexity index is 825. The number of hydrogen-bond donors (Lipinski definition) is 0. The number of nitrogens with zero attached hydrogens (tertiary/aromatic N) is 5. The van der Waals surface area contributed by atoms with Gasteiger partial charge in [-0.1, -0.05) is 23.9 Å². The summed E-state index contributed by atoms with van der Waals surface area (Å²) in [7, 11) is 1.57. The van der Waals surface area contributed by atoms with Crippen molar-refractivity contribution in [1.82, 2.24) is 14.8 Å². The molecule has 0 saturated heterocycles. The van der Waals surface area contributed by atoms with Gasteiger partial charge in [-0.2, -0.15) is 5.26 Å². The standard InChI is InChI=1S/C18H21N5O2S/c1-13-20-21-18(23(13)14-8-9-14)26-12-17(24)22(11-5-10-19)15-6-3-4-7-16(15)25-2/h3-4,6-7,14H,5,8-9,11-12H2,1-2H3. The van der Waals surface area contributed by atoms with E-state index >= 15 is 0 Å². The van der Waals surface area contributed by atoms with Gasteiger partial charge < -0.3 is 14.2 Å². The van der Waals surface area contributed by atoms with Crippen molar-refractivity contribution in [3.05, 3.63) is 30.1 Å². The number of carbonyl (C=O) groups is 1. The van der Waals surface area contributed by atoms with Crippen LogP contribution >= 0.6 is 11.8 Å². The molecule has 0 atom stereocenters. The topological polar surface area (TPSA) is 84.0 Å². The first kappa shape index (κ1) is 18.3. The summed E-state index contributed by atoms with van der Waals surface area (Å²) in [5, 5.41) is 18.1. The van der Waals surface area contributed by atoms with Crippen LogP contribution in [0.1, 0.15) is 31.1 Å². The third-order valence-electron chi connectivity index (χ3n) is 4.20. The second kappa shape index (κ2) is 8.23. The average molecular weight is 371 g/mol. The summed E-state index contributed by atoms with van der Waals surface area (Å²) in [5.74, 6) is 1.64. The van der Waals surface area contributed by atoms with Gasteiger partial charge in [0.15, 0.2) is 5.16 Å². The van der Waals surface area contributed by atoms with Crippen molar-refractivity contribution < 1.29 is 9.53 Å². The molecule has 1 aromatic heterocycles. The number of methoxy groups -OCH3 is 1. The Kier molecular flexibility index (Phi) is 5.78. The first-order chi connectivity index (χ1) is 12.7. The van der Waals surface area contributed by atoms with Crippen LogP contribution in [0.3, 0.4) is 0 Å². The Morgan fingerprint density at radius 3 is 2.88 bits per heavy atom. The van der Waals surface area contributed by atoms with Crippen molar-refractivity contribution in [1.29, 1.82) is 5.26 Å². The molecule has 26 heavy (non-hydrogen) atoms. The van der Waals surface area contributed by atoms with Crippen LogP contribution in [0.15, 0.2) is 29.4 Å². The first-order valence-electron chi connectivity index (χ1n) is 8.50. The summed E-state index contributed by atoms with van der Waals surface area (Å²) in [4.78, 5) is 14.5. The molecule has 1 fully saturated rings. The Hall–Kier alpha value is -2.53. The van der Waals surface area contributed by atoms with Gasteiger partial charge >= 0.3 is 0 Å². The number of rotatable bonds is 8. The fourth-order valence-corrected chi connectivity index (χ4v) is 3.73. The minimum absolute atomic E-state index is 0.0854. The molecule has 0 radical (unpaired) electrons. The zero-order valence-corrected chi connectivity index (χ0v) is 15.7. The van der Waals surface area contributed by atoms with Crippen molar-refractivity contribution in [2.24, 2.45) is 0 Å². The number of benzene rings is 1. The number of carbonyl (C=O) groups excluding carboxylic acids is 1. The lowest BCUT2D eigenvalue weighted by Gasteiger charge is -2.23. The van der Waals surface area contributed by atoms with E-state index in [2.05, 4.69) is 20.8 Å². The largest absolute Gasteiger partial charge is 0.495 e. The van der Waals surface area contributed by atoms with Gasteiger partial charge in [-0.05, 0) is 31.9 Å². The minimum atomic E-state index is -0.0854. The summed E-state index contributed by atoms with van der Waals surface area (Å²) in [6.45, 7) is 2.26. The number of aromatic nitrogens is 3. The van der Waals surface area contributed by atoms with E-state index in [0.717, 1.165) is 23.8 Å². The van der Waals surface area contributed by atoms with Gasteiger partial charge in [0.25, 0.3) is 0 Å². The molecule has 1 saturated carbocycles. The lowest BCUT2D eigenvalue weighted by atomic mass is 10.2. The summed E-state index contributed by atoms with van der Waals surface area (Å²) in [5.41, 5.74) is 0.677. The Morgan fingerprint density at radius 2 is 2.19 bits per heavy atom. The maximum atomic E-state index is 12.9. The van der Waals surface area contributed by atoms with Crippen LogP contribution in [0.2, 0.25) is 0 Å². The molecule has 1 aliphatic rings. The fraction of sp³-hybridized carbons (Fsp3) is 0.444. The van der Waals surface area contributed by atoms with Gasteiger partial charge in [0.05, 0.1) is 31.0 Å². The van der Waals surface area contributed by atoms with E-state index in [1.54, 1.807) is 12.0 Å². The van der Waals surface area contributed by atoms with E-state index in [1.807, 2.05) is 31.2 Å². The third kappa shape index (κ3) is 3.99. The molecule has 136 valence electrons. The molecule has 2 aromatic rings. The van der Waals surface area contributed by atoms with Gasteiger partial charge in [0, 0.05) is 12.6 Å². The number of para-hydroxylation sites is 2. The predicted octanol–water partition coefficient (Wildman–Crippen LogP) is 2.97. The van der Waals surface area contributed by atoms with Crippen LogP contribution < -0.4 is 9.64 Å². The number of thioether (sulfide) groups is 1. The van der Waals surface area contributed by atoms with Gasteiger partial charge in [0.1, 0.15) is 11.6 Å². The quantitative estimate of drug-likeness (QED) is 0.663. The minimum Gasteiger partial charge on any atom is -0.495 e. The molecule has 7 nitrogen and oxygen atoms in total. The van der Waals surface area contributed by atoms with Gasteiger partial charge in [-0.15, -0.1) is 10.2 Å². The van der Waals surface area contributed by atoms with Gasteiger partial charge in [-0.25, -0.2) is 0 Å². The lowest BCUT2D eigenvalue weighted by molar-refractivity contribution is -0.116. The number of amides is 1. The van der Waals surface area contributed by atoms with Crippen LogP contribution in [0.4, 0.5) is 5.69 Å². The highest BCUT2D eigenvalue weighted by Crippen LogP contribution is 2.38. The van der Waals surface area contributed by atoms with E-state index in [1.165, 1.54) is 11.8 Å². The molecular weight excluding hydrogens is 350 g/mol. The summed E-state index contributed by atoms with van der Waals surface area (Å²) >= 11 is 1.39. The highest BCUT2D eigenvalue weighted by atomic mass is 32.2. The van der Waals surface area contributed by atoms with Crippen molar-refractivity contribution in [2.75, 3.05) is 24.3 Å². The molecule has 0 spiro atoms. The summed E-state index contributed by atoms with van der Waals surface area (Å²) in [6, 6.07) is 9.91. The average Bonchev–Trinajstić information content (AvgIpc) is 3.43. The molecule has 1 heterocycles. The molecule has 1 amide bonds. The van der Waals surface area contributed by atoms with E-state index in [4.69, 9.17) is 10.00 Å². The van der Waals surface area contributed by atoms with Crippen LogP contribution in [0, 0.1) is 18.3 Å². The molecule has 0 N–H and O–H groups in total. The van der Waals surface area contributed by atoms with Crippen LogP contribution in [0.25, 0.3) is 0 Å². The second-order valence-electron chi connectivity index (χ2n) is 6.04. The van der Waals surface area contributed by atoms with Crippen LogP contribution in [-0.2, 0) is 4.79 Å². The zero-order chi connectivity index (χ0) is 18.5. The van der Waals surface area contributed by atoms with Crippen LogP contribution in [-0.4, -0.2) is 40.1 Å². The molecule has 8 heteroatoms. The normalized spacial score (nSPS) is 13.3. The molecule has 1 aromatic carbocycles. The molecule has 3 rings (SSSR count). The Balaban J connectivity index is 1.75. The molecule has 1 aliphatic carbocycles. The van der Waals surface area contributed by atoms with Crippen molar-refractivity contribution >= 4 is 23.4 Å². The van der Waals surface area contributed by atoms with Crippen molar-refractivity contribution in [3.63, 3.8) is 0 Å². The Morgan fingerprint density at radius 1 is 1.42 bits per heavy atom. The van der Waals surface area contributed by atoms with E-state index in [-0.39, 0.29) is 18.1 Å². The highest BCUT2D eigenvalue weighted by molar-refractivity contribution is 7.99. The highest BCUT2D eigenvalue weighted by Gasteiger charge is 2.29. The van der Waals surface area contributed by atoms with E-state index in [9.17, 15) is 4.79 Å². The Labute approximate surface area is 157 Å². The van der Waals surface area contributed by atoms with Crippen molar-refractivity contribution in [2.45, 2.75) is 37.4 Å². The number of anilines is 1. The van der Waals surface area contributed by atoms with Gasteiger partial charge in [-0.3, -0.25) is 4.79 Å². The molecule has 0 bridgehead atoms. The van der Waals surface area contributed by atoms with Gasteiger partial charge in [0.2, 0.25) is 5.91 Å². The summed E-state index contributed by atoms with van der Waals surface area (Å²) in [6.07, 6.45) is 2.53. The summed E-state index contributed by atoms with van der Waals surface area (Å²) < 4.78 is 7.48. The third-order valence-corrected chi connectivity index (χ3v) is 5.12. The number of hydrogen-bond acceptors (Lipinski definition) is 6. The SMILES string of the molecule is COc1ccccc1N(CCC#N)C(=O)CSc1nnc(C)n1C1CC1. The van der Waals surface area contributed by atoms with Crippen LogP contribution in [0.5, 0.6) is 5.75 Å². The smallest absolute Gasteiger partial charge is 0.237 e. The number of ether oxygens (including phenoxy) is 1.